The maximum absolute atomic E-state index is 13.5. The number of carbonyl (C=O) groups is 1. The zero-order valence-corrected chi connectivity index (χ0v) is 17.1. The second-order valence-electron chi connectivity index (χ2n) is 7.71. The Kier molecular flexibility index (Phi) is 5.84. The molecule has 1 aliphatic rings. The molecule has 1 aromatic heterocycles. The molecular weight excluding hydrogens is 392 g/mol. The van der Waals surface area contributed by atoms with E-state index in [-0.39, 0.29) is 21.9 Å². The first-order valence-corrected chi connectivity index (χ1v) is 10.0. The van der Waals surface area contributed by atoms with Gasteiger partial charge in [-0.25, -0.2) is 13.8 Å². The van der Waals surface area contributed by atoms with Gasteiger partial charge in [0.1, 0.15) is 0 Å². The van der Waals surface area contributed by atoms with E-state index in [1.54, 1.807) is 16.2 Å². The monoisotopic (exact) mass is 413 g/mol. The molecule has 146 valence electrons. The standard InChI is InChI=1S/C19H22ClF2N3OS/c1-19(2,3)18-23-12(11-27-18)10-24-4-6-25(7-5-24)17(26)13-8-15(21)16(22)9-14(13)20/h8-9,11H,4-7,10H2,1-3H3. The van der Waals surface area contributed by atoms with E-state index in [1.807, 2.05) is 0 Å². The molecule has 1 saturated heterocycles. The van der Waals surface area contributed by atoms with E-state index in [9.17, 15) is 13.6 Å². The van der Waals surface area contributed by atoms with Gasteiger partial charge in [-0.1, -0.05) is 32.4 Å². The predicted octanol–water partition coefficient (Wildman–Crippen LogP) is 4.33. The number of carbonyl (C=O) groups excluding carboxylic acids is 1. The second-order valence-corrected chi connectivity index (χ2v) is 8.97. The lowest BCUT2D eigenvalue weighted by Crippen LogP contribution is -2.48. The predicted molar refractivity (Wildman–Crippen MR) is 103 cm³/mol. The number of rotatable bonds is 3. The topological polar surface area (TPSA) is 36.4 Å². The number of piperazine rings is 1. The highest BCUT2D eigenvalue weighted by molar-refractivity contribution is 7.09. The molecule has 2 aromatic rings. The van der Waals surface area contributed by atoms with E-state index in [4.69, 9.17) is 16.6 Å². The first kappa shape index (κ1) is 20.2. The fourth-order valence-electron chi connectivity index (χ4n) is 2.92. The molecular formula is C19H22ClF2N3OS. The van der Waals surface area contributed by atoms with Gasteiger partial charge in [-0.15, -0.1) is 11.3 Å². The highest BCUT2D eigenvalue weighted by Gasteiger charge is 2.26. The smallest absolute Gasteiger partial charge is 0.255 e. The van der Waals surface area contributed by atoms with Gasteiger partial charge >= 0.3 is 0 Å². The summed E-state index contributed by atoms with van der Waals surface area (Å²) in [5.74, 6) is -2.50. The van der Waals surface area contributed by atoms with Crippen LogP contribution < -0.4 is 0 Å². The van der Waals surface area contributed by atoms with Crippen molar-refractivity contribution in [3.63, 3.8) is 0 Å². The van der Waals surface area contributed by atoms with Crippen molar-refractivity contribution in [2.24, 2.45) is 0 Å². The van der Waals surface area contributed by atoms with Crippen LogP contribution in [0.4, 0.5) is 8.78 Å². The third-order valence-corrected chi connectivity index (χ3v) is 6.11. The minimum absolute atomic E-state index is 0.00154. The summed E-state index contributed by atoms with van der Waals surface area (Å²) in [6, 6.07) is 1.71. The molecule has 4 nitrogen and oxygen atoms in total. The molecule has 2 heterocycles. The van der Waals surface area contributed by atoms with E-state index < -0.39 is 11.6 Å². The van der Waals surface area contributed by atoms with E-state index in [0.717, 1.165) is 29.4 Å². The second kappa shape index (κ2) is 7.81. The van der Waals surface area contributed by atoms with Crippen LogP contribution in [0.5, 0.6) is 0 Å². The molecule has 1 fully saturated rings. The Labute approximate surface area is 166 Å². The molecule has 8 heteroatoms. The fraction of sp³-hybridized carbons (Fsp3) is 0.474. The average Bonchev–Trinajstić information content (AvgIpc) is 3.07. The van der Waals surface area contributed by atoms with Gasteiger partial charge in [0.15, 0.2) is 11.6 Å². The molecule has 27 heavy (non-hydrogen) atoms. The van der Waals surface area contributed by atoms with Gasteiger partial charge in [-0.2, -0.15) is 0 Å². The molecule has 3 rings (SSSR count). The van der Waals surface area contributed by atoms with Crippen molar-refractivity contribution in [1.29, 1.82) is 0 Å². The minimum atomic E-state index is -1.07. The molecule has 0 N–H and O–H groups in total. The van der Waals surface area contributed by atoms with Crippen LogP contribution in [0.25, 0.3) is 0 Å². The number of amides is 1. The van der Waals surface area contributed by atoms with Gasteiger partial charge in [0.2, 0.25) is 0 Å². The molecule has 0 bridgehead atoms. The Morgan fingerprint density at radius 2 is 1.81 bits per heavy atom. The van der Waals surface area contributed by atoms with Gasteiger partial charge in [0, 0.05) is 43.5 Å². The van der Waals surface area contributed by atoms with Crippen molar-refractivity contribution in [3.05, 3.63) is 50.4 Å². The highest BCUT2D eigenvalue weighted by Crippen LogP contribution is 2.26. The maximum Gasteiger partial charge on any atom is 0.255 e. The Morgan fingerprint density at radius 1 is 1.19 bits per heavy atom. The number of thiazole rings is 1. The van der Waals surface area contributed by atoms with Crippen LogP contribution in [-0.2, 0) is 12.0 Å². The molecule has 0 radical (unpaired) electrons. The van der Waals surface area contributed by atoms with E-state index >= 15 is 0 Å². The van der Waals surface area contributed by atoms with Crippen molar-refractivity contribution in [2.45, 2.75) is 32.7 Å². The lowest BCUT2D eigenvalue weighted by Gasteiger charge is -2.34. The summed E-state index contributed by atoms with van der Waals surface area (Å²) in [7, 11) is 0. The summed E-state index contributed by atoms with van der Waals surface area (Å²) < 4.78 is 26.7. The molecule has 1 aliphatic heterocycles. The number of aromatic nitrogens is 1. The molecule has 0 unspecified atom stereocenters. The quantitative estimate of drug-likeness (QED) is 0.703. The fourth-order valence-corrected chi connectivity index (χ4v) is 4.05. The Bertz CT molecular complexity index is 842. The summed E-state index contributed by atoms with van der Waals surface area (Å²) >= 11 is 7.59. The van der Waals surface area contributed by atoms with E-state index in [1.165, 1.54) is 0 Å². The van der Waals surface area contributed by atoms with Crippen LogP contribution in [0.1, 0.15) is 41.8 Å². The van der Waals surface area contributed by atoms with E-state index in [2.05, 4.69) is 31.1 Å². The third-order valence-electron chi connectivity index (χ3n) is 4.48. The van der Waals surface area contributed by atoms with Crippen molar-refractivity contribution < 1.29 is 13.6 Å². The molecule has 0 atom stereocenters. The van der Waals surface area contributed by atoms with Gasteiger partial charge < -0.3 is 4.90 Å². The number of benzene rings is 1. The Balaban J connectivity index is 1.59. The van der Waals surface area contributed by atoms with Gasteiger partial charge in [0.25, 0.3) is 5.91 Å². The van der Waals surface area contributed by atoms with Crippen molar-refractivity contribution in [3.8, 4) is 0 Å². The van der Waals surface area contributed by atoms with Gasteiger partial charge in [-0.3, -0.25) is 9.69 Å². The number of halogens is 3. The van der Waals surface area contributed by atoms with Gasteiger partial charge in [0.05, 0.1) is 21.3 Å². The van der Waals surface area contributed by atoms with Crippen LogP contribution in [-0.4, -0.2) is 46.9 Å². The van der Waals surface area contributed by atoms with Crippen LogP contribution in [0.15, 0.2) is 17.5 Å². The summed E-state index contributed by atoms with van der Waals surface area (Å²) in [5.41, 5.74) is 1.07. The zero-order chi connectivity index (χ0) is 19.8. The lowest BCUT2D eigenvalue weighted by atomic mass is 9.98. The van der Waals surface area contributed by atoms with E-state index in [0.29, 0.717) is 26.2 Å². The number of hydrogen-bond donors (Lipinski definition) is 0. The number of nitrogens with zero attached hydrogens (tertiary/aromatic N) is 3. The SMILES string of the molecule is CC(C)(C)c1nc(CN2CCN(C(=O)c3cc(F)c(F)cc3Cl)CC2)cs1. The van der Waals surface area contributed by atoms with Crippen LogP contribution in [0.2, 0.25) is 5.02 Å². The Morgan fingerprint density at radius 3 is 2.41 bits per heavy atom. The molecule has 0 spiro atoms. The molecule has 1 amide bonds. The average molecular weight is 414 g/mol. The summed E-state index contributed by atoms with van der Waals surface area (Å²) in [4.78, 5) is 21.2. The molecule has 0 saturated carbocycles. The normalized spacial score (nSPS) is 16.0. The lowest BCUT2D eigenvalue weighted by molar-refractivity contribution is 0.0626. The zero-order valence-electron chi connectivity index (χ0n) is 15.6. The van der Waals surface area contributed by atoms with Crippen LogP contribution >= 0.6 is 22.9 Å². The largest absolute Gasteiger partial charge is 0.336 e. The van der Waals surface area contributed by atoms with Crippen molar-refractivity contribution in [1.82, 2.24) is 14.8 Å². The van der Waals surface area contributed by atoms with Crippen molar-refractivity contribution in [2.75, 3.05) is 26.2 Å². The third kappa shape index (κ3) is 4.65. The summed E-state index contributed by atoms with van der Waals surface area (Å²) in [6.07, 6.45) is 0. The summed E-state index contributed by atoms with van der Waals surface area (Å²) in [5, 5.41) is 3.12. The first-order chi connectivity index (χ1) is 12.6. The van der Waals surface area contributed by atoms with Crippen molar-refractivity contribution >= 4 is 28.8 Å². The highest BCUT2D eigenvalue weighted by atomic mass is 35.5. The minimum Gasteiger partial charge on any atom is -0.336 e. The molecule has 1 aromatic carbocycles. The van der Waals surface area contributed by atoms with Crippen LogP contribution in [0, 0.1) is 11.6 Å². The Hall–Kier alpha value is -1.57. The number of hydrogen-bond acceptors (Lipinski definition) is 4. The van der Waals surface area contributed by atoms with Gasteiger partial charge in [-0.05, 0) is 12.1 Å². The summed E-state index contributed by atoms with van der Waals surface area (Å²) in [6.45, 7) is 9.55. The maximum atomic E-state index is 13.5. The first-order valence-electron chi connectivity index (χ1n) is 8.76. The molecule has 0 aliphatic carbocycles. The van der Waals surface area contributed by atoms with Crippen LogP contribution in [0.3, 0.4) is 0 Å².